The van der Waals surface area contributed by atoms with Crippen LogP contribution in [0.3, 0.4) is 0 Å². The third kappa shape index (κ3) is 2.88. The summed E-state index contributed by atoms with van der Waals surface area (Å²) in [4.78, 5) is 2.09. The fourth-order valence-corrected chi connectivity index (χ4v) is 7.11. The second kappa shape index (κ2) is 5.19. The Balaban J connectivity index is 2.31. The van der Waals surface area contributed by atoms with Crippen molar-refractivity contribution in [3.63, 3.8) is 0 Å². The first-order chi connectivity index (χ1) is 7.92. The fraction of sp³-hybridized carbons (Fsp3) is 0.636. The summed E-state index contributed by atoms with van der Waals surface area (Å²) in [6, 6.07) is 1.99. The zero-order chi connectivity index (χ0) is 12.6. The van der Waals surface area contributed by atoms with Crippen LogP contribution in [0.1, 0.15) is 34.4 Å². The van der Waals surface area contributed by atoms with Crippen molar-refractivity contribution in [1.29, 1.82) is 0 Å². The third-order valence-electron chi connectivity index (χ3n) is 3.04. The third-order valence-corrected chi connectivity index (χ3v) is 8.18. The van der Waals surface area contributed by atoms with Crippen LogP contribution in [-0.4, -0.2) is 19.4 Å². The number of hydrogen-bond acceptors (Lipinski definition) is 3. The van der Waals surface area contributed by atoms with Gasteiger partial charge in [-0.05, 0) is 41.8 Å². The van der Waals surface area contributed by atoms with Crippen molar-refractivity contribution in [3.05, 3.63) is 20.3 Å². The molecular formula is C11H14BrClO2S2. The van der Waals surface area contributed by atoms with Crippen LogP contribution in [0.25, 0.3) is 0 Å². The van der Waals surface area contributed by atoms with Crippen LogP contribution >= 0.6 is 38.9 Å². The Labute approximate surface area is 119 Å². The van der Waals surface area contributed by atoms with Gasteiger partial charge in [0.25, 0.3) is 0 Å². The zero-order valence-corrected chi connectivity index (χ0v) is 13.4. The van der Waals surface area contributed by atoms with Crippen LogP contribution < -0.4 is 0 Å². The maximum Gasteiger partial charge on any atom is 0.154 e. The first-order valence-electron chi connectivity index (χ1n) is 5.53. The van der Waals surface area contributed by atoms with E-state index in [1.807, 2.05) is 13.0 Å². The molecule has 96 valence electrons. The quantitative estimate of drug-likeness (QED) is 0.748. The van der Waals surface area contributed by atoms with E-state index in [1.54, 1.807) is 11.3 Å². The molecule has 17 heavy (non-hydrogen) atoms. The molecule has 0 aliphatic carbocycles. The smallest absolute Gasteiger partial charge is 0.154 e. The first-order valence-corrected chi connectivity index (χ1v) is 9.29. The van der Waals surface area contributed by atoms with Crippen molar-refractivity contribution in [2.24, 2.45) is 0 Å². The monoisotopic (exact) mass is 356 g/mol. The molecule has 0 amide bonds. The van der Waals surface area contributed by atoms with Gasteiger partial charge in [0.05, 0.1) is 16.4 Å². The van der Waals surface area contributed by atoms with E-state index in [0.717, 1.165) is 27.1 Å². The van der Waals surface area contributed by atoms with Gasteiger partial charge in [-0.15, -0.1) is 22.9 Å². The molecule has 0 saturated carbocycles. The van der Waals surface area contributed by atoms with Gasteiger partial charge in [-0.1, -0.05) is 6.42 Å². The van der Waals surface area contributed by atoms with Gasteiger partial charge in [0.2, 0.25) is 0 Å². The predicted molar refractivity (Wildman–Crippen MR) is 76.8 cm³/mol. The molecule has 0 N–H and O–H groups in total. The lowest BCUT2D eigenvalue weighted by Crippen LogP contribution is -2.31. The van der Waals surface area contributed by atoms with E-state index >= 15 is 0 Å². The maximum atomic E-state index is 12.0. The molecule has 1 fully saturated rings. The number of rotatable bonds is 2. The largest absolute Gasteiger partial charge is 0.228 e. The van der Waals surface area contributed by atoms with Gasteiger partial charge in [-0.25, -0.2) is 8.42 Å². The Kier molecular flexibility index (Phi) is 4.23. The van der Waals surface area contributed by atoms with Crippen LogP contribution in [0.2, 0.25) is 0 Å². The molecule has 1 aromatic rings. The van der Waals surface area contributed by atoms with Crippen LogP contribution in [0.4, 0.5) is 0 Å². The number of sulfone groups is 1. The second-order valence-electron chi connectivity index (χ2n) is 4.37. The molecule has 1 aliphatic rings. The Hall–Kier alpha value is 0.420. The Morgan fingerprint density at radius 1 is 1.53 bits per heavy atom. The maximum absolute atomic E-state index is 12.0. The fourth-order valence-electron chi connectivity index (χ4n) is 2.17. The van der Waals surface area contributed by atoms with Crippen molar-refractivity contribution in [2.75, 3.05) is 5.75 Å². The Bertz CT molecular complexity index is 510. The van der Waals surface area contributed by atoms with E-state index in [1.165, 1.54) is 0 Å². The average molecular weight is 358 g/mol. The number of aryl methyl sites for hydroxylation is 1. The molecule has 0 spiro atoms. The minimum Gasteiger partial charge on any atom is -0.228 e. The van der Waals surface area contributed by atoms with Crippen LogP contribution in [0.15, 0.2) is 10.5 Å². The van der Waals surface area contributed by atoms with E-state index in [4.69, 9.17) is 11.6 Å². The van der Waals surface area contributed by atoms with Crippen LogP contribution in [0, 0.1) is 6.92 Å². The van der Waals surface area contributed by atoms with Crippen LogP contribution in [0.5, 0.6) is 0 Å². The topological polar surface area (TPSA) is 34.1 Å². The van der Waals surface area contributed by atoms with Gasteiger partial charge in [0.15, 0.2) is 9.84 Å². The van der Waals surface area contributed by atoms with E-state index in [-0.39, 0.29) is 5.75 Å². The highest BCUT2D eigenvalue weighted by Crippen LogP contribution is 2.42. The SMILES string of the molecule is Cc1cc(Br)c(C(Cl)C2CCCCS2(=O)=O)s1. The van der Waals surface area contributed by atoms with Crippen molar-refractivity contribution >= 4 is 48.7 Å². The van der Waals surface area contributed by atoms with E-state index in [0.29, 0.717) is 6.42 Å². The number of halogens is 2. The second-order valence-corrected chi connectivity index (χ2v) is 9.32. The summed E-state index contributed by atoms with van der Waals surface area (Å²) < 4.78 is 25.0. The first kappa shape index (κ1) is 13.8. The molecule has 1 aromatic heterocycles. The summed E-state index contributed by atoms with van der Waals surface area (Å²) in [6.45, 7) is 2.00. The minimum absolute atomic E-state index is 0.281. The molecule has 2 rings (SSSR count). The zero-order valence-electron chi connectivity index (χ0n) is 9.45. The lowest BCUT2D eigenvalue weighted by molar-refractivity contribution is 0.535. The van der Waals surface area contributed by atoms with Gasteiger partial charge in [-0.3, -0.25) is 0 Å². The lowest BCUT2D eigenvalue weighted by atomic mass is 10.1. The van der Waals surface area contributed by atoms with Gasteiger partial charge in [0, 0.05) is 14.2 Å². The number of hydrogen-bond donors (Lipinski definition) is 0. The normalized spacial score (nSPS) is 25.7. The molecule has 2 heterocycles. The van der Waals surface area contributed by atoms with Gasteiger partial charge in [-0.2, -0.15) is 0 Å². The summed E-state index contributed by atoms with van der Waals surface area (Å²) >= 11 is 11.4. The highest BCUT2D eigenvalue weighted by atomic mass is 79.9. The summed E-state index contributed by atoms with van der Waals surface area (Å²) in [5.74, 6) is 0.281. The highest BCUT2D eigenvalue weighted by molar-refractivity contribution is 9.10. The molecule has 0 aromatic carbocycles. The standard InChI is InChI=1S/C11H14BrClO2S2/c1-7-6-8(12)11(16-7)10(13)9-4-2-3-5-17(9,14)15/h6,9-10H,2-5H2,1H3. The van der Waals surface area contributed by atoms with E-state index in [9.17, 15) is 8.42 Å². The summed E-state index contributed by atoms with van der Waals surface area (Å²) in [5.41, 5.74) is 0. The van der Waals surface area contributed by atoms with Gasteiger partial charge >= 0.3 is 0 Å². The molecule has 6 heteroatoms. The molecule has 2 atom stereocenters. The van der Waals surface area contributed by atoms with Crippen LogP contribution in [-0.2, 0) is 9.84 Å². The predicted octanol–water partition coefficient (Wildman–Crippen LogP) is 4.07. The molecule has 0 bridgehead atoms. The lowest BCUT2D eigenvalue weighted by Gasteiger charge is -2.25. The number of thiophene rings is 1. The van der Waals surface area contributed by atoms with Crippen molar-refractivity contribution < 1.29 is 8.42 Å². The number of alkyl halides is 1. The van der Waals surface area contributed by atoms with Gasteiger partial charge < -0.3 is 0 Å². The van der Waals surface area contributed by atoms with Crippen molar-refractivity contribution in [1.82, 2.24) is 0 Å². The Morgan fingerprint density at radius 2 is 2.24 bits per heavy atom. The average Bonchev–Trinajstić information content (AvgIpc) is 2.56. The van der Waals surface area contributed by atoms with E-state index in [2.05, 4.69) is 15.9 Å². The minimum atomic E-state index is -3.02. The highest BCUT2D eigenvalue weighted by Gasteiger charge is 2.36. The Morgan fingerprint density at radius 3 is 2.76 bits per heavy atom. The summed E-state index contributed by atoms with van der Waals surface area (Å²) in [6.07, 6.45) is 2.40. The molecule has 1 saturated heterocycles. The van der Waals surface area contributed by atoms with E-state index < -0.39 is 20.5 Å². The molecule has 1 aliphatic heterocycles. The summed E-state index contributed by atoms with van der Waals surface area (Å²) in [7, 11) is -3.02. The van der Waals surface area contributed by atoms with Crippen molar-refractivity contribution in [2.45, 2.75) is 36.8 Å². The molecule has 2 unspecified atom stereocenters. The molecule has 0 radical (unpaired) electrons. The summed E-state index contributed by atoms with van der Waals surface area (Å²) in [5, 5.41) is -0.847. The molecular weight excluding hydrogens is 344 g/mol. The van der Waals surface area contributed by atoms with Gasteiger partial charge in [0.1, 0.15) is 0 Å². The molecule has 2 nitrogen and oxygen atoms in total. The van der Waals surface area contributed by atoms with Crippen molar-refractivity contribution in [3.8, 4) is 0 Å².